The topological polar surface area (TPSA) is 26.3 Å². The molecular weight excluding hydrogens is 262 g/mol. The van der Waals surface area contributed by atoms with E-state index in [2.05, 4.69) is 0 Å². The van der Waals surface area contributed by atoms with Gasteiger partial charge in [-0.3, -0.25) is 4.79 Å². The Kier molecular flexibility index (Phi) is 4.45. The van der Waals surface area contributed by atoms with Crippen LogP contribution in [-0.4, -0.2) is 12.4 Å². The molecule has 0 saturated carbocycles. The normalized spacial score (nSPS) is 10.3. The zero-order valence-corrected chi connectivity index (χ0v) is 11.0. The Morgan fingerprint density at radius 3 is 2.55 bits per heavy atom. The van der Waals surface area contributed by atoms with Crippen molar-refractivity contribution >= 4 is 5.78 Å². The van der Waals surface area contributed by atoms with Crippen molar-refractivity contribution in [2.45, 2.75) is 13.3 Å². The molecular formula is C16H14F2O2. The van der Waals surface area contributed by atoms with Gasteiger partial charge in [-0.15, -0.1) is 0 Å². The molecule has 104 valence electrons. The fourth-order valence-electron chi connectivity index (χ4n) is 1.83. The summed E-state index contributed by atoms with van der Waals surface area (Å²) in [5.74, 6) is -1.77. The van der Waals surface area contributed by atoms with Gasteiger partial charge in [-0.25, -0.2) is 8.78 Å². The summed E-state index contributed by atoms with van der Waals surface area (Å²) in [7, 11) is 0. The van der Waals surface area contributed by atoms with Crippen molar-refractivity contribution in [3.8, 4) is 5.75 Å². The SMILES string of the molecule is CCc1ccccc1OCC(=O)c1ccc(F)c(F)c1. The maximum atomic E-state index is 13.1. The van der Waals surface area contributed by atoms with Crippen LogP contribution in [0.5, 0.6) is 5.75 Å². The Bertz CT molecular complexity index is 624. The monoisotopic (exact) mass is 276 g/mol. The van der Waals surface area contributed by atoms with Gasteiger partial charge in [0.2, 0.25) is 0 Å². The number of carbonyl (C=O) groups is 1. The number of hydrogen-bond donors (Lipinski definition) is 0. The molecule has 0 aliphatic rings. The fourth-order valence-corrected chi connectivity index (χ4v) is 1.83. The van der Waals surface area contributed by atoms with Crippen LogP contribution in [0.15, 0.2) is 42.5 Å². The fraction of sp³-hybridized carbons (Fsp3) is 0.188. The lowest BCUT2D eigenvalue weighted by molar-refractivity contribution is 0.0920. The molecule has 0 aromatic heterocycles. The zero-order valence-electron chi connectivity index (χ0n) is 11.0. The third kappa shape index (κ3) is 3.20. The second-order valence-corrected chi connectivity index (χ2v) is 4.30. The maximum absolute atomic E-state index is 13.1. The van der Waals surface area contributed by atoms with Crippen LogP contribution < -0.4 is 4.74 Å². The number of halogens is 2. The Morgan fingerprint density at radius 1 is 1.10 bits per heavy atom. The first-order valence-electron chi connectivity index (χ1n) is 6.30. The Hall–Kier alpha value is -2.23. The van der Waals surface area contributed by atoms with Crippen LogP contribution >= 0.6 is 0 Å². The van der Waals surface area contributed by atoms with Gasteiger partial charge in [0.05, 0.1) is 0 Å². The van der Waals surface area contributed by atoms with E-state index in [-0.39, 0.29) is 12.2 Å². The van der Waals surface area contributed by atoms with Crippen molar-refractivity contribution in [2.75, 3.05) is 6.61 Å². The van der Waals surface area contributed by atoms with Gasteiger partial charge in [0.1, 0.15) is 5.75 Å². The zero-order chi connectivity index (χ0) is 14.5. The van der Waals surface area contributed by atoms with Crippen LogP contribution in [-0.2, 0) is 6.42 Å². The third-order valence-corrected chi connectivity index (χ3v) is 2.95. The average Bonchev–Trinajstić information content (AvgIpc) is 2.47. The van der Waals surface area contributed by atoms with Crippen molar-refractivity contribution in [2.24, 2.45) is 0 Å². The average molecular weight is 276 g/mol. The van der Waals surface area contributed by atoms with Crippen molar-refractivity contribution in [1.82, 2.24) is 0 Å². The molecule has 0 atom stereocenters. The van der Waals surface area contributed by atoms with Gasteiger partial charge >= 0.3 is 0 Å². The third-order valence-electron chi connectivity index (χ3n) is 2.95. The van der Waals surface area contributed by atoms with E-state index < -0.39 is 17.4 Å². The van der Waals surface area contributed by atoms with Crippen LogP contribution in [0, 0.1) is 11.6 Å². The van der Waals surface area contributed by atoms with Crippen molar-refractivity contribution in [3.05, 3.63) is 65.2 Å². The molecule has 0 saturated heterocycles. The highest BCUT2D eigenvalue weighted by atomic mass is 19.2. The largest absolute Gasteiger partial charge is 0.485 e. The Labute approximate surface area is 116 Å². The molecule has 0 heterocycles. The molecule has 0 amide bonds. The summed E-state index contributed by atoms with van der Waals surface area (Å²) in [6, 6.07) is 10.5. The molecule has 2 aromatic rings. The van der Waals surface area contributed by atoms with Gasteiger partial charge in [-0.05, 0) is 36.2 Å². The number of ketones is 1. The molecule has 2 aromatic carbocycles. The first kappa shape index (κ1) is 14.2. The Balaban J connectivity index is 2.06. The number of rotatable bonds is 5. The molecule has 0 spiro atoms. The number of ether oxygens (including phenoxy) is 1. The summed E-state index contributed by atoms with van der Waals surface area (Å²) >= 11 is 0. The molecule has 0 aliphatic heterocycles. The lowest BCUT2D eigenvalue weighted by Gasteiger charge is -2.09. The number of benzene rings is 2. The van der Waals surface area contributed by atoms with Crippen molar-refractivity contribution < 1.29 is 18.3 Å². The lowest BCUT2D eigenvalue weighted by Crippen LogP contribution is -2.12. The predicted molar refractivity (Wildman–Crippen MR) is 72.0 cm³/mol. The molecule has 2 rings (SSSR count). The van der Waals surface area contributed by atoms with E-state index in [1.807, 2.05) is 25.1 Å². The van der Waals surface area contributed by atoms with E-state index >= 15 is 0 Å². The van der Waals surface area contributed by atoms with Crippen molar-refractivity contribution in [3.63, 3.8) is 0 Å². The van der Waals surface area contributed by atoms with Crippen LogP contribution in [0.1, 0.15) is 22.8 Å². The van der Waals surface area contributed by atoms with Crippen molar-refractivity contribution in [1.29, 1.82) is 0 Å². The molecule has 0 N–H and O–H groups in total. The minimum atomic E-state index is -1.04. The molecule has 0 unspecified atom stereocenters. The van der Waals surface area contributed by atoms with Gasteiger partial charge in [0, 0.05) is 5.56 Å². The van der Waals surface area contributed by atoms with Gasteiger partial charge in [0.25, 0.3) is 0 Å². The molecule has 0 bridgehead atoms. The van der Waals surface area contributed by atoms with Crippen LogP contribution in [0.2, 0.25) is 0 Å². The predicted octanol–water partition coefficient (Wildman–Crippen LogP) is 3.79. The van der Waals surface area contributed by atoms with Crippen LogP contribution in [0.4, 0.5) is 8.78 Å². The molecule has 0 radical (unpaired) electrons. The number of Topliss-reactive ketones (excluding diaryl/α,β-unsaturated/α-hetero) is 1. The highest BCUT2D eigenvalue weighted by Crippen LogP contribution is 2.18. The van der Waals surface area contributed by atoms with Gasteiger partial charge in [-0.2, -0.15) is 0 Å². The minimum absolute atomic E-state index is 0.0953. The van der Waals surface area contributed by atoms with E-state index in [0.29, 0.717) is 5.75 Å². The van der Waals surface area contributed by atoms with Crippen LogP contribution in [0.25, 0.3) is 0 Å². The molecule has 0 fully saturated rings. The lowest BCUT2D eigenvalue weighted by atomic mass is 10.1. The summed E-state index contributed by atoms with van der Waals surface area (Å²) in [4.78, 5) is 11.9. The minimum Gasteiger partial charge on any atom is -0.485 e. The van der Waals surface area contributed by atoms with E-state index in [1.165, 1.54) is 6.07 Å². The number of hydrogen-bond acceptors (Lipinski definition) is 2. The summed E-state index contributed by atoms with van der Waals surface area (Å²) in [5.41, 5.74) is 1.09. The molecule has 2 nitrogen and oxygen atoms in total. The molecule has 4 heteroatoms. The van der Waals surface area contributed by atoms with Gasteiger partial charge in [-0.1, -0.05) is 25.1 Å². The first-order chi connectivity index (χ1) is 9.61. The Morgan fingerprint density at radius 2 is 1.85 bits per heavy atom. The van der Waals surface area contributed by atoms with Crippen LogP contribution in [0.3, 0.4) is 0 Å². The maximum Gasteiger partial charge on any atom is 0.200 e. The molecule has 20 heavy (non-hydrogen) atoms. The highest BCUT2D eigenvalue weighted by Gasteiger charge is 2.11. The van der Waals surface area contributed by atoms with Gasteiger partial charge in [0.15, 0.2) is 24.0 Å². The summed E-state index contributed by atoms with van der Waals surface area (Å²) in [6.45, 7) is 1.78. The summed E-state index contributed by atoms with van der Waals surface area (Å²) in [6.07, 6.45) is 0.787. The highest BCUT2D eigenvalue weighted by molar-refractivity contribution is 5.97. The van der Waals surface area contributed by atoms with E-state index in [9.17, 15) is 13.6 Å². The van der Waals surface area contributed by atoms with E-state index in [0.717, 1.165) is 24.1 Å². The summed E-state index contributed by atoms with van der Waals surface area (Å²) in [5, 5.41) is 0. The molecule has 0 aliphatic carbocycles. The number of carbonyl (C=O) groups excluding carboxylic acids is 1. The van der Waals surface area contributed by atoms with Gasteiger partial charge < -0.3 is 4.74 Å². The van der Waals surface area contributed by atoms with E-state index in [1.54, 1.807) is 6.07 Å². The quantitative estimate of drug-likeness (QED) is 0.777. The second kappa shape index (κ2) is 6.28. The number of para-hydroxylation sites is 1. The van der Waals surface area contributed by atoms with E-state index in [4.69, 9.17) is 4.74 Å². The first-order valence-corrected chi connectivity index (χ1v) is 6.30. The standard InChI is InChI=1S/C16H14F2O2/c1-2-11-5-3-4-6-16(11)20-10-15(19)12-7-8-13(17)14(18)9-12/h3-9H,2,10H2,1H3. The summed E-state index contributed by atoms with van der Waals surface area (Å²) < 4.78 is 31.3. The smallest absolute Gasteiger partial charge is 0.200 e. The number of aryl methyl sites for hydroxylation is 1. The second-order valence-electron chi connectivity index (χ2n) is 4.30.